The Hall–Kier alpha value is -2.54. The van der Waals surface area contributed by atoms with Crippen molar-refractivity contribution in [2.75, 3.05) is 30.8 Å². The molecule has 0 bridgehead atoms. The van der Waals surface area contributed by atoms with E-state index in [4.69, 9.17) is 16.3 Å². The van der Waals surface area contributed by atoms with Crippen molar-refractivity contribution in [1.29, 1.82) is 0 Å². The van der Waals surface area contributed by atoms with Crippen molar-refractivity contribution in [3.05, 3.63) is 41.7 Å². The van der Waals surface area contributed by atoms with Gasteiger partial charge in [0.15, 0.2) is 5.75 Å². The molecule has 116 valence electrons. The minimum absolute atomic E-state index is 0.351. The summed E-state index contributed by atoms with van der Waals surface area (Å²) < 4.78 is 5.16. The van der Waals surface area contributed by atoms with E-state index in [1.165, 1.54) is 7.11 Å². The van der Waals surface area contributed by atoms with Crippen molar-refractivity contribution >= 4 is 29.3 Å². The average molecular weight is 322 g/mol. The summed E-state index contributed by atoms with van der Waals surface area (Å²) >= 11 is 5.99. The number of nitrogens with zero attached hydrogens (tertiary/aromatic N) is 2. The molecule has 0 spiro atoms. The number of carbonyl (C=O) groups is 1. The monoisotopic (exact) mass is 321 g/mol. The summed E-state index contributed by atoms with van der Waals surface area (Å²) in [5, 5.41) is 8.81. The van der Waals surface area contributed by atoms with Crippen LogP contribution in [0.2, 0.25) is 5.02 Å². The molecule has 2 rings (SSSR count). The second kappa shape index (κ2) is 8.04. The normalized spacial score (nSPS) is 9.91. The van der Waals surface area contributed by atoms with Crippen LogP contribution < -0.4 is 20.7 Å². The highest BCUT2D eigenvalue weighted by atomic mass is 35.5. The first-order valence-electron chi connectivity index (χ1n) is 6.59. The van der Waals surface area contributed by atoms with Crippen LogP contribution >= 0.6 is 11.6 Å². The van der Waals surface area contributed by atoms with Crippen LogP contribution in [0, 0.1) is 0 Å². The Balaban J connectivity index is 1.78. The van der Waals surface area contributed by atoms with E-state index < -0.39 is 0 Å². The van der Waals surface area contributed by atoms with Crippen LogP contribution in [0.15, 0.2) is 36.7 Å². The summed E-state index contributed by atoms with van der Waals surface area (Å²) in [6.45, 7) is 0.914. The predicted octanol–water partition coefficient (Wildman–Crippen LogP) is 2.37. The standard InChI is InChI=1S/C14H16ClN5O2/c1-22-12-10(15)4-2-5-11(12)20-14(21)19-9-8-18-13-16-6-3-7-17-13/h2-7H,8-9H2,1H3,(H,16,17,18)(H2,19,20,21). The third kappa shape index (κ3) is 4.49. The molecule has 1 aromatic carbocycles. The Morgan fingerprint density at radius 1 is 1.23 bits per heavy atom. The molecule has 0 aliphatic heterocycles. The van der Waals surface area contributed by atoms with Gasteiger partial charge in [0.2, 0.25) is 5.95 Å². The van der Waals surface area contributed by atoms with E-state index in [0.29, 0.717) is 35.5 Å². The van der Waals surface area contributed by atoms with Gasteiger partial charge in [0.1, 0.15) is 0 Å². The molecular formula is C14H16ClN5O2. The molecule has 0 unspecified atom stereocenters. The minimum atomic E-state index is -0.351. The van der Waals surface area contributed by atoms with Gasteiger partial charge in [0.25, 0.3) is 0 Å². The van der Waals surface area contributed by atoms with E-state index >= 15 is 0 Å². The Labute approximate surface area is 133 Å². The van der Waals surface area contributed by atoms with Gasteiger partial charge in [0, 0.05) is 25.5 Å². The van der Waals surface area contributed by atoms with E-state index in [-0.39, 0.29) is 6.03 Å². The molecule has 0 radical (unpaired) electrons. The number of para-hydroxylation sites is 1. The average Bonchev–Trinajstić information content (AvgIpc) is 2.53. The Morgan fingerprint density at radius 3 is 2.73 bits per heavy atom. The first-order valence-corrected chi connectivity index (χ1v) is 6.96. The SMILES string of the molecule is COc1c(Cl)cccc1NC(=O)NCCNc1ncccn1. The molecule has 0 aliphatic rings. The fourth-order valence-corrected chi connectivity index (χ4v) is 1.97. The van der Waals surface area contributed by atoms with Crippen LogP contribution in [0.3, 0.4) is 0 Å². The number of rotatable bonds is 6. The van der Waals surface area contributed by atoms with E-state index in [1.54, 1.807) is 36.7 Å². The summed E-state index contributed by atoms with van der Waals surface area (Å²) in [6.07, 6.45) is 3.28. The number of amides is 2. The molecule has 0 fully saturated rings. The highest BCUT2D eigenvalue weighted by Gasteiger charge is 2.09. The quantitative estimate of drug-likeness (QED) is 0.711. The van der Waals surface area contributed by atoms with Crippen LogP contribution in [0.5, 0.6) is 5.75 Å². The van der Waals surface area contributed by atoms with Gasteiger partial charge in [-0.3, -0.25) is 0 Å². The predicted molar refractivity (Wildman–Crippen MR) is 85.5 cm³/mol. The van der Waals surface area contributed by atoms with Crippen LogP contribution in [0.25, 0.3) is 0 Å². The van der Waals surface area contributed by atoms with Crippen LogP contribution in [0.1, 0.15) is 0 Å². The van der Waals surface area contributed by atoms with E-state index in [0.717, 1.165) is 0 Å². The number of anilines is 2. The van der Waals surface area contributed by atoms with Crippen molar-refractivity contribution in [3.8, 4) is 5.75 Å². The number of aromatic nitrogens is 2. The smallest absolute Gasteiger partial charge is 0.319 e. The zero-order chi connectivity index (χ0) is 15.8. The summed E-state index contributed by atoms with van der Waals surface area (Å²) in [5.74, 6) is 0.941. The number of methoxy groups -OCH3 is 1. The maximum absolute atomic E-state index is 11.8. The van der Waals surface area contributed by atoms with E-state index in [9.17, 15) is 4.79 Å². The van der Waals surface area contributed by atoms with Crippen molar-refractivity contribution in [1.82, 2.24) is 15.3 Å². The van der Waals surface area contributed by atoms with E-state index in [1.807, 2.05) is 0 Å². The van der Waals surface area contributed by atoms with Gasteiger partial charge >= 0.3 is 6.03 Å². The lowest BCUT2D eigenvalue weighted by atomic mass is 10.3. The maximum Gasteiger partial charge on any atom is 0.319 e. The second-order valence-electron chi connectivity index (χ2n) is 4.20. The van der Waals surface area contributed by atoms with Crippen molar-refractivity contribution in [2.24, 2.45) is 0 Å². The molecule has 0 atom stereocenters. The molecule has 0 saturated heterocycles. The number of hydrogen-bond donors (Lipinski definition) is 3. The molecule has 22 heavy (non-hydrogen) atoms. The zero-order valence-corrected chi connectivity index (χ0v) is 12.7. The highest BCUT2D eigenvalue weighted by Crippen LogP contribution is 2.32. The zero-order valence-electron chi connectivity index (χ0n) is 12.0. The van der Waals surface area contributed by atoms with Crippen molar-refractivity contribution in [3.63, 3.8) is 0 Å². The molecular weight excluding hydrogens is 306 g/mol. The van der Waals surface area contributed by atoms with Gasteiger partial charge in [-0.05, 0) is 18.2 Å². The third-order valence-electron chi connectivity index (χ3n) is 2.68. The number of halogens is 1. The lowest BCUT2D eigenvalue weighted by Gasteiger charge is -2.12. The molecule has 1 heterocycles. The first kappa shape index (κ1) is 15.8. The fraction of sp³-hybridized carbons (Fsp3) is 0.214. The number of nitrogens with one attached hydrogen (secondary N) is 3. The number of ether oxygens (including phenoxy) is 1. The molecule has 2 aromatic rings. The van der Waals surface area contributed by atoms with Crippen molar-refractivity contribution < 1.29 is 9.53 Å². The molecule has 7 nitrogen and oxygen atoms in total. The lowest BCUT2D eigenvalue weighted by molar-refractivity contribution is 0.252. The Morgan fingerprint density at radius 2 is 2.00 bits per heavy atom. The molecule has 0 aliphatic carbocycles. The highest BCUT2D eigenvalue weighted by molar-refractivity contribution is 6.32. The Kier molecular flexibility index (Phi) is 5.79. The molecule has 2 amide bonds. The van der Waals surface area contributed by atoms with Gasteiger partial charge in [-0.2, -0.15) is 0 Å². The topological polar surface area (TPSA) is 88.2 Å². The van der Waals surface area contributed by atoms with E-state index in [2.05, 4.69) is 25.9 Å². The van der Waals surface area contributed by atoms with Gasteiger partial charge < -0.3 is 20.7 Å². The van der Waals surface area contributed by atoms with Gasteiger partial charge in [0.05, 0.1) is 17.8 Å². The number of hydrogen-bond acceptors (Lipinski definition) is 5. The van der Waals surface area contributed by atoms with Crippen LogP contribution in [-0.2, 0) is 0 Å². The maximum atomic E-state index is 11.8. The molecule has 1 aromatic heterocycles. The van der Waals surface area contributed by atoms with Gasteiger partial charge in [-0.1, -0.05) is 17.7 Å². The van der Waals surface area contributed by atoms with Crippen LogP contribution in [0.4, 0.5) is 16.4 Å². The summed E-state index contributed by atoms with van der Waals surface area (Å²) in [7, 11) is 1.49. The molecule has 3 N–H and O–H groups in total. The first-order chi connectivity index (χ1) is 10.7. The van der Waals surface area contributed by atoms with Gasteiger partial charge in [-0.25, -0.2) is 14.8 Å². The minimum Gasteiger partial charge on any atom is -0.493 e. The fourth-order valence-electron chi connectivity index (χ4n) is 1.72. The number of carbonyl (C=O) groups excluding carboxylic acids is 1. The van der Waals surface area contributed by atoms with Crippen LogP contribution in [-0.4, -0.2) is 36.2 Å². The lowest BCUT2D eigenvalue weighted by Crippen LogP contribution is -2.32. The van der Waals surface area contributed by atoms with Crippen molar-refractivity contribution in [2.45, 2.75) is 0 Å². The number of benzene rings is 1. The molecule has 0 saturated carbocycles. The summed E-state index contributed by atoms with van der Waals surface area (Å²) in [6, 6.07) is 6.51. The third-order valence-corrected chi connectivity index (χ3v) is 2.98. The second-order valence-corrected chi connectivity index (χ2v) is 4.61. The molecule has 8 heteroatoms. The Bertz CT molecular complexity index is 624. The summed E-state index contributed by atoms with van der Waals surface area (Å²) in [5.41, 5.74) is 0.506. The number of urea groups is 1. The van der Waals surface area contributed by atoms with Gasteiger partial charge in [-0.15, -0.1) is 0 Å². The largest absolute Gasteiger partial charge is 0.493 e. The summed E-state index contributed by atoms with van der Waals surface area (Å²) in [4.78, 5) is 19.9.